The van der Waals surface area contributed by atoms with Crippen LogP contribution in [0.2, 0.25) is 0 Å². The first-order valence-electron chi connectivity index (χ1n) is 6.01. The minimum atomic E-state index is -0.490. The van der Waals surface area contributed by atoms with Crippen molar-refractivity contribution in [1.82, 2.24) is 4.90 Å². The van der Waals surface area contributed by atoms with E-state index in [2.05, 4.69) is 6.07 Å². The van der Waals surface area contributed by atoms with E-state index >= 15 is 0 Å². The largest absolute Gasteiger partial charge is 0.338 e. The van der Waals surface area contributed by atoms with Crippen LogP contribution in [0.5, 0.6) is 0 Å². The van der Waals surface area contributed by atoms with Crippen LogP contribution in [0.4, 0.5) is 4.39 Å². The average molecular weight is 246 g/mol. The van der Waals surface area contributed by atoms with Crippen molar-refractivity contribution in [1.29, 1.82) is 5.26 Å². The van der Waals surface area contributed by atoms with E-state index in [-0.39, 0.29) is 16.9 Å². The number of nitriles is 1. The standard InChI is InChI=1S/C14H15FN2O/c1-14(10-16)6-8-17(9-7-14)13(18)11-4-2-3-5-12(11)15/h2-5H,6-9H2,1H3. The molecule has 1 amide bonds. The molecule has 2 rings (SSSR count). The van der Waals surface area contributed by atoms with Gasteiger partial charge in [-0.05, 0) is 31.9 Å². The lowest BCUT2D eigenvalue weighted by molar-refractivity contribution is 0.0657. The van der Waals surface area contributed by atoms with Gasteiger partial charge >= 0.3 is 0 Å². The van der Waals surface area contributed by atoms with E-state index in [1.165, 1.54) is 12.1 Å². The fourth-order valence-electron chi connectivity index (χ4n) is 2.12. The summed E-state index contributed by atoms with van der Waals surface area (Å²) >= 11 is 0. The van der Waals surface area contributed by atoms with E-state index in [4.69, 9.17) is 5.26 Å². The van der Waals surface area contributed by atoms with Crippen LogP contribution >= 0.6 is 0 Å². The molecule has 1 heterocycles. The summed E-state index contributed by atoms with van der Waals surface area (Å²) in [7, 11) is 0. The van der Waals surface area contributed by atoms with E-state index in [0.29, 0.717) is 25.9 Å². The van der Waals surface area contributed by atoms with Crippen LogP contribution in [-0.4, -0.2) is 23.9 Å². The second-order valence-electron chi connectivity index (χ2n) is 4.94. The van der Waals surface area contributed by atoms with E-state index in [1.807, 2.05) is 6.92 Å². The highest BCUT2D eigenvalue weighted by atomic mass is 19.1. The van der Waals surface area contributed by atoms with Gasteiger partial charge in [0, 0.05) is 13.1 Å². The molecule has 18 heavy (non-hydrogen) atoms. The number of halogens is 1. The normalized spacial score (nSPS) is 18.2. The van der Waals surface area contributed by atoms with E-state index in [0.717, 1.165) is 0 Å². The number of benzene rings is 1. The number of carbonyl (C=O) groups excluding carboxylic acids is 1. The third-order valence-corrected chi connectivity index (χ3v) is 3.53. The van der Waals surface area contributed by atoms with Crippen molar-refractivity contribution in [3.05, 3.63) is 35.6 Å². The molecule has 0 N–H and O–H groups in total. The number of likely N-dealkylation sites (tertiary alicyclic amines) is 1. The summed E-state index contributed by atoms with van der Waals surface area (Å²) in [6.07, 6.45) is 1.29. The van der Waals surface area contributed by atoms with Gasteiger partial charge in [0.1, 0.15) is 5.82 Å². The number of piperidine rings is 1. The van der Waals surface area contributed by atoms with E-state index < -0.39 is 5.82 Å². The second kappa shape index (κ2) is 4.77. The summed E-state index contributed by atoms with van der Waals surface area (Å²) in [5.74, 6) is -0.774. The molecule has 94 valence electrons. The lowest BCUT2D eigenvalue weighted by Gasteiger charge is -2.35. The molecular weight excluding hydrogens is 231 g/mol. The van der Waals surface area contributed by atoms with Crippen LogP contribution in [0.1, 0.15) is 30.1 Å². The number of hydrogen-bond acceptors (Lipinski definition) is 2. The van der Waals surface area contributed by atoms with Crippen molar-refractivity contribution in [2.24, 2.45) is 5.41 Å². The van der Waals surface area contributed by atoms with Gasteiger partial charge in [-0.15, -0.1) is 0 Å². The zero-order valence-electron chi connectivity index (χ0n) is 10.3. The summed E-state index contributed by atoms with van der Waals surface area (Å²) in [5, 5.41) is 9.02. The molecule has 0 bridgehead atoms. The third-order valence-electron chi connectivity index (χ3n) is 3.53. The lowest BCUT2D eigenvalue weighted by atomic mass is 9.82. The van der Waals surface area contributed by atoms with Crippen molar-refractivity contribution in [2.45, 2.75) is 19.8 Å². The van der Waals surface area contributed by atoms with E-state index in [9.17, 15) is 9.18 Å². The Morgan fingerprint density at radius 3 is 2.56 bits per heavy atom. The molecule has 4 heteroatoms. The average Bonchev–Trinajstić information content (AvgIpc) is 2.39. The SMILES string of the molecule is CC1(C#N)CCN(C(=O)c2ccccc2F)CC1. The van der Waals surface area contributed by atoms with Gasteiger partial charge in [-0.1, -0.05) is 12.1 Å². The second-order valence-corrected chi connectivity index (χ2v) is 4.94. The molecule has 3 nitrogen and oxygen atoms in total. The van der Waals surface area contributed by atoms with Gasteiger partial charge in [0.25, 0.3) is 5.91 Å². The minimum absolute atomic E-state index is 0.109. The number of amides is 1. The van der Waals surface area contributed by atoms with Crippen molar-refractivity contribution < 1.29 is 9.18 Å². The molecule has 0 unspecified atom stereocenters. The molecule has 1 aromatic carbocycles. The van der Waals surface area contributed by atoms with Gasteiger partial charge in [0.15, 0.2) is 0 Å². The van der Waals surface area contributed by atoms with Crippen molar-refractivity contribution in [3.8, 4) is 6.07 Å². The van der Waals surface area contributed by atoms with Gasteiger partial charge in [-0.25, -0.2) is 4.39 Å². The first kappa shape index (κ1) is 12.6. The molecule has 1 saturated heterocycles. The van der Waals surface area contributed by atoms with Gasteiger partial charge in [-0.2, -0.15) is 5.26 Å². The monoisotopic (exact) mass is 246 g/mol. The molecule has 0 atom stereocenters. The summed E-state index contributed by atoms with van der Waals surface area (Å²) in [4.78, 5) is 13.7. The first-order valence-corrected chi connectivity index (χ1v) is 6.01. The van der Waals surface area contributed by atoms with Crippen LogP contribution in [0.25, 0.3) is 0 Å². The highest BCUT2D eigenvalue weighted by Gasteiger charge is 2.32. The Kier molecular flexibility index (Phi) is 3.33. The topological polar surface area (TPSA) is 44.1 Å². The molecule has 0 aliphatic carbocycles. The maximum absolute atomic E-state index is 13.5. The Morgan fingerprint density at radius 2 is 2.00 bits per heavy atom. The molecule has 1 aliphatic rings. The van der Waals surface area contributed by atoms with Crippen LogP contribution < -0.4 is 0 Å². The van der Waals surface area contributed by atoms with Crippen LogP contribution in [-0.2, 0) is 0 Å². The van der Waals surface area contributed by atoms with Crippen LogP contribution in [0, 0.1) is 22.6 Å². The van der Waals surface area contributed by atoms with Crippen molar-refractivity contribution >= 4 is 5.91 Å². The molecule has 1 aromatic rings. The Labute approximate surface area is 106 Å². The van der Waals surface area contributed by atoms with Crippen LogP contribution in [0.15, 0.2) is 24.3 Å². The number of nitrogens with zero attached hydrogens (tertiary/aromatic N) is 2. The zero-order chi connectivity index (χ0) is 13.2. The maximum atomic E-state index is 13.5. The number of hydrogen-bond donors (Lipinski definition) is 0. The Morgan fingerprint density at radius 1 is 1.39 bits per heavy atom. The van der Waals surface area contributed by atoms with Crippen molar-refractivity contribution in [2.75, 3.05) is 13.1 Å². The summed E-state index contributed by atoms with van der Waals surface area (Å²) in [5.41, 5.74) is -0.246. The fraction of sp³-hybridized carbons (Fsp3) is 0.429. The Bertz CT molecular complexity index is 499. The van der Waals surface area contributed by atoms with Crippen molar-refractivity contribution in [3.63, 3.8) is 0 Å². The quantitative estimate of drug-likeness (QED) is 0.764. The number of carbonyl (C=O) groups is 1. The molecule has 0 saturated carbocycles. The molecule has 1 aliphatic heterocycles. The van der Waals surface area contributed by atoms with Gasteiger partial charge in [-0.3, -0.25) is 4.79 Å². The lowest BCUT2D eigenvalue weighted by Crippen LogP contribution is -2.41. The third kappa shape index (κ3) is 2.35. The predicted octanol–water partition coefficient (Wildman–Crippen LogP) is 2.59. The Balaban J connectivity index is 2.10. The molecule has 1 fully saturated rings. The summed E-state index contributed by atoms with van der Waals surface area (Å²) in [6.45, 7) is 2.92. The van der Waals surface area contributed by atoms with E-state index in [1.54, 1.807) is 17.0 Å². The maximum Gasteiger partial charge on any atom is 0.256 e. The molecule has 0 spiro atoms. The fourth-order valence-corrected chi connectivity index (χ4v) is 2.12. The van der Waals surface area contributed by atoms with Crippen LogP contribution in [0.3, 0.4) is 0 Å². The van der Waals surface area contributed by atoms with Gasteiger partial charge < -0.3 is 4.90 Å². The smallest absolute Gasteiger partial charge is 0.256 e. The summed E-state index contributed by atoms with van der Waals surface area (Å²) in [6, 6.07) is 8.28. The number of rotatable bonds is 1. The predicted molar refractivity (Wildman–Crippen MR) is 65.3 cm³/mol. The highest BCUT2D eigenvalue weighted by molar-refractivity contribution is 5.94. The molecular formula is C14H15FN2O. The Hall–Kier alpha value is -1.89. The zero-order valence-corrected chi connectivity index (χ0v) is 10.3. The minimum Gasteiger partial charge on any atom is -0.338 e. The molecule has 0 radical (unpaired) electrons. The summed E-state index contributed by atoms with van der Waals surface area (Å²) < 4.78 is 13.5. The van der Waals surface area contributed by atoms with Gasteiger partial charge in [0.2, 0.25) is 0 Å². The molecule has 0 aromatic heterocycles. The highest BCUT2D eigenvalue weighted by Crippen LogP contribution is 2.30. The van der Waals surface area contributed by atoms with Gasteiger partial charge in [0.05, 0.1) is 17.0 Å². The first-order chi connectivity index (χ1) is 8.56.